The zero-order valence-electron chi connectivity index (χ0n) is 21.4. The Hall–Kier alpha value is -0.953. The van der Waals surface area contributed by atoms with E-state index in [1.54, 1.807) is 0 Å². The summed E-state index contributed by atoms with van der Waals surface area (Å²) in [6.07, 6.45) is 1.52. The summed E-state index contributed by atoms with van der Waals surface area (Å²) in [6, 6.07) is 0. The van der Waals surface area contributed by atoms with E-state index in [9.17, 15) is 15.0 Å². The van der Waals surface area contributed by atoms with Gasteiger partial charge >= 0.3 is 5.97 Å². The fourth-order valence-corrected chi connectivity index (χ4v) is 7.26. The van der Waals surface area contributed by atoms with Gasteiger partial charge in [0.15, 0.2) is 8.32 Å². The highest BCUT2D eigenvalue weighted by molar-refractivity contribution is 6.74. The van der Waals surface area contributed by atoms with Crippen LogP contribution in [0.1, 0.15) is 67.2 Å². The van der Waals surface area contributed by atoms with Crippen molar-refractivity contribution >= 4 is 14.3 Å². The van der Waals surface area contributed by atoms with Crippen molar-refractivity contribution in [1.82, 2.24) is 0 Å². The molecule has 3 aliphatic rings. The first-order valence-electron chi connectivity index (χ1n) is 12.0. The van der Waals surface area contributed by atoms with Gasteiger partial charge in [-0.15, -0.1) is 0 Å². The number of carbonyl (C=O) groups excluding carboxylic acids is 1. The van der Waals surface area contributed by atoms with Gasteiger partial charge in [-0.3, -0.25) is 4.79 Å². The first-order valence-corrected chi connectivity index (χ1v) is 14.9. The lowest BCUT2D eigenvalue weighted by molar-refractivity contribution is -0.160. The van der Waals surface area contributed by atoms with E-state index in [4.69, 9.17) is 9.16 Å². The number of esters is 1. The number of carbonyl (C=O) groups is 1. The Bertz CT molecular complexity index is 810. The minimum atomic E-state index is -2.10. The molecule has 1 aliphatic heterocycles. The average molecular weight is 465 g/mol. The summed E-state index contributed by atoms with van der Waals surface area (Å²) in [7, 11) is -2.10. The molecule has 0 aromatic carbocycles. The molecule has 0 spiro atoms. The lowest BCUT2D eigenvalue weighted by Gasteiger charge is -2.54. The topological polar surface area (TPSA) is 76.0 Å². The van der Waals surface area contributed by atoms with Crippen molar-refractivity contribution < 1.29 is 24.2 Å². The summed E-state index contributed by atoms with van der Waals surface area (Å²) >= 11 is 0. The Morgan fingerprint density at radius 1 is 1.22 bits per heavy atom. The third kappa shape index (κ3) is 3.66. The highest BCUT2D eigenvalue weighted by atomic mass is 28.4. The third-order valence-electron chi connectivity index (χ3n) is 9.63. The van der Waals surface area contributed by atoms with Crippen LogP contribution in [-0.4, -0.2) is 48.9 Å². The van der Waals surface area contributed by atoms with Crippen LogP contribution in [0.25, 0.3) is 0 Å². The van der Waals surface area contributed by atoms with E-state index in [0.29, 0.717) is 25.7 Å². The van der Waals surface area contributed by atoms with Gasteiger partial charge in [0.25, 0.3) is 0 Å². The summed E-state index contributed by atoms with van der Waals surface area (Å²) in [4.78, 5) is 13.2. The van der Waals surface area contributed by atoms with Crippen LogP contribution in [0, 0.1) is 22.7 Å². The lowest BCUT2D eigenvalue weighted by atomic mass is 9.53. The van der Waals surface area contributed by atoms with Gasteiger partial charge in [-0.25, -0.2) is 0 Å². The van der Waals surface area contributed by atoms with Crippen LogP contribution < -0.4 is 0 Å². The van der Waals surface area contributed by atoms with Crippen molar-refractivity contribution in [2.75, 3.05) is 6.61 Å². The predicted octanol–water partition coefficient (Wildman–Crippen LogP) is 4.99. The van der Waals surface area contributed by atoms with Crippen molar-refractivity contribution in [3.05, 3.63) is 24.3 Å². The van der Waals surface area contributed by atoms with Crippen LogP contribution in [0.4, 0.5) is 0 Å². The maximum Gasteiger partial charge on any atom is 0.314 e. The van der Waals surface area contributed by atoms with Crippen LogP contribution >= 0.6 is 0 Å². The number of aliphatic hydroxyl groups excluding tert-OH is 2. The first-order chi connectivity index (χ1) is 14.4. The molecule has 182 valence electrons. The van der Waals surface area contributed by atoms with E-state index >= 15 is 0 Å². The van der Waals surface area contributed by atoms with Gasteiger partial charge in [0, 0.05) is 17.3 Å². The largest absolute Gasteiger partial charge is 0.458 e. The fourth-order valence-electron chi connectivity index (χ4n) is 5.96. The second-order valence-corrected chi connectivity index (χ2v) is 17.6. The van der Waals surface area contributed by atoms with E-state index in [-0.39, 0.29) is 29.6 Å². The van der Waals surface area contributed by atoms with Gasteiger partial charge in [0.1, 0.15) is 5.60 Å². The van der Waals surface area contributed by atoms with Gasteiger partial charge in [-0.1, -0.05) is 60.3 Å². The summed E-state index contributed by atoms with van der Waals surface area (Å²) in [5.74, 6) is -0.802. The Morgan fingerprint density at radius 2 is 1.81 bits per heavy atom. The molecule has 3 fully saturated rings. The number of aliphatic hydroxyl groups is 2. The molecular formula is C26H44O5Si. The monoisotopic (exact) mass is 464 g/mol. The van der Waals surface area contributed by atoms with Crippen LogP contribution in [0.15, 0.2) is 24.3 Å². The Labute approximate surface area is 195 Å². The Morgan fingerprint density at radius 3 is 2.34 bits per heavy atom. The number of fused-ring (bicyclic) bond motifs is 2. The van der Waals surface area contributed by atoms with Crippen molar-refractivity contribution in [3.63, 3.8) is 0 Å². The zero-order chi connectivity index (χ0) is 24.5. The van der Waals surface area contributed by atoms with Crippen LogP contribution in [0.3, 0.4) is 0 Å². The molecule has 2 saturated carbocycles. The molecule has 0 unspecified atom stereocenters. The molecular weight excluding hydrogens is 420 g/mol. The molecule has 3 rings (SSSR count). The minimum Gasteiger partial charge on any atom is -0.458 e. The molecule has 6 atom stereocenters. The minimum absolute atomic E-state index is 0.0363. The lowest BCUT2D eigenvalue weighted by Crippen LogP contribution is -2.58. The van der Waals surface area contributed by atoms with Gasteiger partial charge < -0.3 is 19.4 Å². The molecule has 2 aliphatic carbocycles. The van der Waals surface area contributed by atoms with Crippen LogP contribution in [-0.2, 0) is 14.0 Å². The smallest absolute Gasteiger partial charge is 0.314 e. The quantitative estimate of drug-likeness (QED) is 0.340. The Kier molecular flexibility index (Phi) is 6.25. The third-order valence-corrected chi connectivity index (χ3v) is 14.1. The van der Waals surface area contributed by atoms with E-state index in [1.807, 2.05) is 6.92 Å². The standard InChI is InChI=1S/C26H44O5Si/c1-16-11-12-20(28)25(8,15-27)18(16)13-26-14-19(31-32(9,10)23(3,4)5)17(2)21(22(29)30-26)24(26,6)7/h18-21,27-28H,1-2,11-15H2,3-10H3/t18-,19+,20+,21+,25+,26+/m1/s1. The average Bonchev–Trinajstić information content (AvgIpc) is 2.76. The summed E-state index contributed by atoms with van der Waals surface area (Å²) in [5.41, 5.74) is -0.0971. The van der Waals surface area contributed by atoms with Crippen molar-refractivity contribution in [2.45, 2.75) is 103 Å². The number of hydrogen-bond acceptors (Lipinski definition) is 5. The molecule has 1 saturated heterocycles. The van der Waals surface area contributed by atoms with Crippen molar-refractivity contribution in [1.29, 1.82) is 0 Å². The van der Waals surface area contributed by atoms with Crippen molar-refractivity contribution in [2.24, 2.45) is 22.7 Å². The Balaban J connectivity index is 2.02. The maximum absolute atomic E-state index is 13.2. The summed E-state index contributed by atoms with van der Waals surface area (Å²) < 4.78 is 13.0. The van der Waals surface area contributed by atoms with Crippen molar-refractivity contribution in [3.8, 4) is 0 Å². The van der Waals surface area contributed by atoms with Gasteiger partial charge in [-0.2, -0.15) is 0 Å². The van der Waals surface area contributed by atoms with Gasteiger partial charge in [-0.05, 0) is 48.9 Å². The molecule has 32 heavy (non-hydrogen) atoms. The van der Waals surface area contributed by atoms with Crippen LogP contribution in [0.5, 0.6) is 0 Å². The van der Waals surface area contributed by atoms with E-state index < -0.39 is 36.8 Å². The molecule has 1 heterocycles. The molecule has 2 N–H and O–H groups in total. The molecule has 2 bridgehead atoms. The molecule has 6 heteroatoms. The molecule has 0 radical (unpaired) electrons. The maximum atomic E-state index is 13.2. The first kappa shape index (κ1) is 25.7. The van der Waals surface area contributed by atoms with Gasteiger partial charge in [0.05, 0.1) is 24.7 Å². The summed E-state index contributed by atoms with van der Waals surface area (Å²) in [5, 5.41) is 21.1. The molecule has 5 nitrogen and oxygen atoms in total. The molecule has 0 aromatic heterocycles. The summed E-state index contributed by atoms with van der Waals surface area (Å²) in [6.45, 7) is 25.7. The molecule has 0 aromatic rings. The van der Waals surface area contributed by atoms with E-state index in [0.717, 1.165) is 11.1 Å². The number of ether oxygens (including phenoxy) is 1. The number of allylic oxidation sites excluding steroid dienone is 1. The van der Waals surface area contributed by atoms with Gasteiger partial charge in [0.2, 0.25) is 0 Å². The van der Waals surface area contributed by atoms with E-state index in [2.05, 4.69) is 60.9 Å². The van der Waals surface area contributed by atoms with E-state index in [1.165, 1.54) is 0 Å². The second kappa shape index (κ2) is 7.79. The fraction of sp³-hybridized carbons (Fsp3) is 0.808. The number of hydrogen-bond donors (Lipinski definition) is 2. The number of rotatable bonds is 5. The highest BCUT2D eigenvalue weighted by Gasteiger charge is 2.68. The second-order valence-electron chi connectivity index (χ2n) is 12.8. The SMILES string of the molecule is C=C1[C@H]2C(=O)O[C@@](C[C@@H]3C(=C)CC[C@H](O)[C@@]3(C)CO)(C[C@@H]1O[Si](C)(C)C(C)(C)C)C2(C)C. The normalized spacial score (nSPS) is 39.9. The zero-order valence-corrected chi connectivity index (χ0v) is 22.4. The van der Waals surface area contributed by atoms with Crippen LogP contribution in [0.2, 0.25) is 18.1 Å². The molecule has 0 amide bonds. The highest BCUT2D eigenvalue weighted by Crippen LogP contribution is 2.63. The predicted molar refractivity (Wildman–Crippen MR) is 130 cm³/mol.